The molecule has 3 rings (SSSR count). The summed E-state index contributed by atoms with van der Waals surface area (Å²) in [5.41, 5.74) is 3.56. The van der Waals surface area contributed by atoms with Crippen LogP contribution in [0.5, 0.6) is 5.75 Å². The Hall–Kier alpha value is -2.69. The van der Waals surface area contributed by atoms with Crippen molar-refractivity contribution in [3.05, 3.63) is 59.1 Å². The van der Waals surface area contributed by atoms with Crippen LogP contribution in [0, 0.1) is 13.8 Å². The van der Waals surface area contributed by atoms with Gasteiger partial charge in [0.15, 0.2) is 0 Å². The van der Waals surface area contributed by atoms with Crippen molar-refractivity contribution in [1.82, 2.24) is 15.1 Å². The molecule has 2 aromatic heterocycles. The molecule has 1 N–H and O–H groups in total. The third kappa shape index (κ3) is 2.76. The first-order chi connectivity index (χ1) is 10.1. The summed E-state index contributed by atoms with van der Waals surface area (Å²) in [4.78, 5) is 8.71. The highest BCUT2D eigenvalue weighted by Gasteiger charge is 2.13. The van der Waals surface area contributed by atoms with Crippen molar-refractivity contribution >= 4 is 0 Å². The molecule has 3 aromatic rings. The second kappa shape index (κ2) is 5.36. The van der Waals surface area contributed by atoms with Gasteiger partial charge in [0, 0.05) is 11.8 Å². The molecular formula is C16H15N3O2. The number of phenolic OH excluding ortho intramolecular Hbond substituents is 1. The Kier molecular flexibility index (Phi) is 3.39. The quantitative estimate of drug-likeness (QED) is 0.798. The number of nitrogens with zero attached hydrogens (tertiary/aromatic N) is 3. The van der Waals surface area contributed by atoms with Crippen molar-refractivity contribution in [2.45, 2.75) is 20.3 Å². The van der Waals surface area contributed by atoms with Gasteiger partial charge in [0.2, 0.25) is 11.7 Å². The number of para-hydroxylation sites is 1. The minimum atomic E-state index is 0.224. The summed E-state index contributed by atoms with van der Waals surface area (Å²) in [6, 6.07) is 9.13. The van der Waals surface area contributed by atoms with E-state index in [1.54, 1.807) is 18.3 Å². The van der Waals surface area contributed by atoms with E-state index in [1.165, 1.54) is 0 Å². The van der Waals surface area contributed by atoms with Crippen LogP contribution in [0.1, 0.15) is 22.6 Å². The van der Waals surface area contributed by atoms with Gasteiger partial charge in [0.25, 0.3) is 0 Å². The number of hydrogen-bond acceptors (Lipinski definition) is 5. The van der Waals surface area contributed by atoms with E-state index in [0.717, 1.165) is 16.7 Å². The van der Waals surface area contributed by atoms with Crippen molar-refractivity contribution in [2.24, 2.45) is 0 Å². The summed E-state index contributed by atoms with van der Waals surface area (Å²) in [7, 11) is 0. The normalized spacial score (nSPS) is 10.8. The Bertz CT molecular complexity index is 781. The van der Waals surface area contributed by atoms with Gasteiger partial charge >= 0.3 is 0 Å². The number of hydrogen-bond donors (Lipinski definition) is 1. The molecule has 106 valence electrons. The largest absolute Gasteiger partial charge is 0.508 e. The number of aromatic hydroxyl groups is 1. The average molecular weight is 281 g/mol. The first-order valence-corrected chi connectivity index (χ1v) is 6.66. The molecule has 5 nitrogen and oxygen atoms in total. The van der Waals surface area contributed by atoms with Gasteiger partial charge in [-0.2, -0.15) is 4.98 Å². The molecular weight excluding hydrogens is 266 g/mol. The van der Waals surface area contributed by atoms with Crippen LogP contribution >= 0.6 is 0 Å². The number of benzene rings is 1. The highest BCUT2D eigenvalue weighted by Crippen LogP contribution is 2.22. The minimum Gasteiger partial charge on any atom is -0.508 e. The number of phenols is 1. The van der Waals surface area contributed by atoms with Crippen LogP contribution in [0.4, 0.5) is 0 Å². The van der Waals surface area contributed by atoms with Crippen LogP contribution in [-0.4, -0.2) is 20.2 Å². The van der Waals surface area contributed by atoms with Crippen LogP contribution in [0.3, 0.4) is 0 Å². The summed E-state index contributed by atoms with van der Waals surface area (Å²) in [5.74, 6) is 1.15. The van der Waals surface area contributed by atoms with Gasteiger partial charge in [-0.25, -0.2) is 0 Å². The monoisotopic (exact) mass is 281 g/mol. The van der Waals surface area contributed by atoms with Crippen LogP contribution in [0.15, 0.2) is 41.1 Å². The predicted molar refractivity (Wildman–Crippen MR) is 77.9 cm³/mol. The molecule has 5 heteroatoms. The van der Waals surface area contributed by atoms with E-state index < -0.39 is 0 Å². The van der Waals surface area contributed by atoms with E-state index >= 15 is 0 Å². The Morgan fingerprint density at radius 3 is 2.76 bits per heavy atom. The molecule has 0 spiro atoms. The highest BCUT2D eigenvalue weighted by atomic mass is 16.5. The molecule has 0 aliphatic rings. The van der Waals surface area contributed by atoms with Crippen molar-refractivity contribution in [2.75, 3.05) is 0 Å². The maximum Gasteiger partial charge on any atom is 0.231 e. The van der Waals surface area contributed by atoms with Crippen LogP contribution < -0.4 is 0 Å². The molecule has 0 bridgehead atoms. The van der Waals surface area contributed by atoms with Gasteiger partial charge in [-0.15, -0.1) is 0 Å². The lowest BCUT2D eigenvalue weighted by molar-refractivity contribution is 0.383. The molecule has 2 heterocycles. The van der Waals surface area contributed by atoms with E-state index in [4.69, 9.17) is 4.52 Å². The summed E-state index contributed by atoms with van der Waals surface area (Å²) >= 11 is 0. The lowest BCUT2D eigenvalue weighted by Crippen LogP contribution is -1.92. The van der Waals surface area contributed by atoms with E-state index in [-0.39, 0.29) is 5.75 Å². The molecule has 0 atom stereocenters. The molecule has 21 heavy (non-hydrogen) atoms. The molecule has 0 aliphatic heterocycles. The van der Waals surface area contributed by atoms with Crippen LogP contribution in [0.2, 0.25) is 0 Å². The number of aryl methyl sites for hydroxylation is 2. The Morgan fingerprint density at radius 2 is 2.00 bits per heavy atom. The molecule has 0 fully saturated rings. The maximum absolute atomic E-state index is 9.77. The van der Waals surface area contributed by atoms with E-state index in [0.29, 0.717) is 23.8 Å². The van der Waals surface area contributed by atoms with Gasteiger partial charge in [-0.1, -0.05) is 29.4 Å². The fourth-order valence-corrected chi connectivity index (χ4v) is 2.20. The van der Waals surface area contributed by atoms with Crippen molar-refractivity contribution < 1.29 is 9.63 Å². The SMILES string of the molecule is Cc1cnc(-c2noc(Cc3ccccc3O)n2)c(C)c1. The second-order valence-electron chi connectivity index (χ2n) is 5.00. The van der Waals surface area contributed by atoms with Gasteiger partial charge in [-0.05, 0) is 31.0 Å². The zero-order chi connectivity index (χ0) is 14.8. The van der Waals surface area contributed by atoms with Gasteiger partial charge < -0.3 is 9.63 Å². The number of aromatic nitrogens is 3. The third-order valence-corrected chi connectivity index (χ3v) is 3.23. The second-order valence-corrected chi connectivity index (χ2v) is 5.00. The topological polar surface area (TPSA) is 72.0 Å². The smallest absolute Gasteiger partial charge is 0.231 e. The zero-order valence-electron chi connectivity index (χ0n) is 11.9. The minimum absolute atomic E-state index is 0.224. The standard InChI is InChI=1S/C16H15N3O2/c1-10-7-11(2)15(17-9-10)16-18-14(21-19-16)8-12-5-3-4-6-13(12)20/h3-7,9,20H,8H2,1-2H3. The van der Waals surface area contributed by atoms with Crippen molar-refractivity contribution in [1.29, 1.82) is 0 Å². The van der Waals surface area contributed by atoms with Gasteiger partial charge in [0.05, 0.1) is 6.42 Å². The first-order valence-electron chi connectivity index (χ1n) is 6.66. The third-order valence-electron chi connectivity index (χ3n) is 3.23. The van der Waals surface area contributed by atoms with E-state index in [9.17, 15) is 5.11 Å². The molecule has 0 saturated heterocycles. The highest BCUT2D eigenvalue weighted by molar-refractivity contribution is 5.54. The zero-order valence-corrected chi connectivity index (χ0v) is 11.9. The Morgan fingerprint density at radius 1 is 1.19 bits per heavy atom. The fourth-order valence-electron chi connectivity index (χ4n) is 2.20. The lowest BCUT2D eigenvalue weighted by atomic mass is 10.1. The molecule has 0 amide bonds. The molecule has 1 aromatic carbocycles. The molecule has 0 unspecified atom stereocenters. The Balaban J connectivity index is 1.88. The number of pyridine rings is 1. The molecule has 0 radical (unpaired) electrons. The van der Waals surface area contributed by atoms with Crippen LogP contribution in [0.25, 0.3) is 11.5 Å². The van der Waals surface area contributed by atoms with Gasteiger partial charge in [-0.3, -0.25) is 4.98 Å². The maximum atomic E-state index is 9.77. The van der Waals surface area contributed by atoms with Crippen molar-refractivity contribution in [3.63, 3.8) is 0 Å². The number of rotatable bonds is 3. The fraction of sp³-hybridized carbons (Fsp3) is 0.188. The van der Waals surface area contributed by atoms with Crippen LogP contribution in [-0.2, 0) is 6.42 Å². The summed E-state index contributed by atoms with van der Waals surface area (Å²) in [6.45, 7) is 3.96. The summed E-state index contributed by atoms with van der Waals surface area (Å²) in [5, 5.41) is 13.7. The van der Waals surface area contributed by atoms with Gasteiger partial charge in [0.1, 0.15) is 11.4 Å². The summed E-state index contributed by atoms with van der Waals surface area (Å²) < 4.78 is 5.25. The lowest BCUT2D eigenvalue weighted by Gasteiger charge is -2.00. The average Bonchev–Trinajstić information content (AvgIpc) is 2.90. The molecule has 0 saturated carbocycles. The summed E-state index contributed by atoms with van der Waals surface area (Å²) in [6.07, 6.45) is 2.17. The first kappa shape index (κ1) is 13.3. The van der Waals surface area contributed by atoms with Crippen molar-refractivity contribution in [3.8, 4) is 17.3 Å². The van der Waals surface area contributed by atoms with E-state index in [1.807, 2.05) is 32.0 Å². The Labute approximate surface area is 122 Å². The van der Waals surface area contributed by atoms with E-state index in [2.05, 4.69) is 15.1 Å². The molecule has 0 aliphatic carbocycles. The predicted octanol–water partition coefficient (Wildman–Crippen LogP) is 3.04.